The molecule has 0 fully saturated rings. The lowest BCUT2D eigenvalue weighted by molar-refractivity contribution is -0.384. The van der Waals surface area contributed by atoms with Gasteiger partial charge in [-0.05, 0) is 36.8 Å². The van der Waals surface area contributed by atoms with Crippen molar-refractivity contribution in [3.8, 4) is 0 Å². The Kier molecular flexibility index (Phi) is 4.67. The third-order valence-corrected chi connectivity index (χ3v) is 3.00. The van der Waals surface area contributed by atoms with E-state index in [1.807, 2.05) is 0 Å². The van der Waals surface area contributed by atoms with Crippen LogP contribution >= 0.6 is 0 Å². The van der Waals surface area contributed by atoms with Crippen molar-refractivity contribution in [2.45, 2.75) is 6.92 Å². The maximum Gasteiger partial charge on any atom is 0.271 e. The SMILES string of the molecule is Cc1ccc([N+](=O)[O-])cc1NC(=O)CNc1ccc(F)cc1. The number of nitro groups is 1. The Bertz CT molecular complexity index is 702. The van der Waals surface area contributed by atoms with Gasteiger partial charge in [0, 0.05) is 17.8 Å². The number of nitrogens with one attached hydrogen (secondary N) is 2. The zero-order valence-corrected chi connectivity index (χ0v) is 11.8. The van der Waals surface area contributed by atoms with Gasteiger partial charge in [-0.1, -0.05) is 6.07 Å². The molecule has 0 unspecified atom stereocenters. The predicted molar refractivity (Wildman–Crippen MR) is 81.4 cm³/mol. The summed E-state index contributed by atoms with van der Waals surface area (Å²) in [7, 11) is 0. The van der Waals surface area contributed by atoms with E-state index in [-0.39, 0.29) is 24.0 Å². The molecule has 0 saturated carbocycles. The van der Waals surface area contributed by atoms with E-state index in [1.165, 1.54) is 36.4 Å². The monoisotopic (exact) mass is 303 g/mol. The first kappa shape index (κ1) is 15.4. The summed E-state index contributed by atoms with van der Waals surface area (Å²) < 4.78 is 12.8. The van der Waals surface area contributed by atoms with Crippen molar-refractivity contribution in [3.05, 3.63) is 64.0 Å². The molecule has 6 nitrogen and oxygen atoms in total. The van der Waals surface area contributed by atoms with Gasteiger partial charge in [0.15, 0.2) is 0 Å². The second-order valence-corrected chi connectivity index (χ2v) is 4.66. The summed E-state index contributed by atoms with van der Waals surface area (Å²) in [6.45, 7) is 1.71. The van der Waals surface area contributed by atoms with Crippen molar-refractivity contribution >= 4 is 23.0 Å². The van der Waals surface area contributed by atoms with Crippen LogP contribution in [0.3, 0.4) is 0 Å². The Labute approximate surface area is 126 Å². The Morgan fingerprint density at radius 3 is 2.55 bits per heavy atom. The van der Waals surface area contributed by atoms with Crippen LogP contribution in [0.15, 0.2) is 42.5 Å². The molecule has 0 radical (unpaired) electrons. The van der Waals surface area contributed by atoms with Gasteiger partial charge in [-0.2, -0.15) is 0 Å². The fourth-order valence-electron chi connectivity index (χ4n) is 1.80. The number of nitrogens with zero attached hydrogens (tertiary/aromatic N) is 1. The molecule has 22 heavy (non-hydrogen) atoms. The summed E-state index contributed by atoms with van der Waals surface area (Å²) in [4.78, 5) is 22.1. The van der Waals surface area contributed by atoms with Crippen molar-refractivity contribution in [2.75, 3.05) is 17.2 Å². The summed E-state index contributed by atoms with van der Waals surface area (Å²) in [5.41, 5.74) is 1.63. The lowest BCUT2D eigenvalue weighted by Crippen LogP contribution is -2.22. The van der Waals surface area contributed by atoms with E-state index < -0.39 is 4.92 Å². The highest BCUT2D eigenvalue weighted by molar-refractivity contribution is 5.94. The van der Waals surface area contributed by atoms with Gasteiger partial charge < -0.3 is 10.6 Å². The van der Waals surface area contributed by atoms with Gasteiger partial charge in [0.05, 0.1) is 17.2 Å². The molecule has 2 N–H and O–H groups in total. The number of benzene rings is 2. The molecule has 0 spiro atoms. The van der Waals surface area contributed by atoms with Gasteiger partial charge in [-0.25, -0.2) is 4.39 Å². The van der Waals surface area contributed by atoms with Gasteiger partial charge in [0.25, 0.3) is 5.69 Å². The van der Waals surface area contributed by atoms with Crippen LogP contribution in [-0.2, 0) is 4.79 Å². The van der Waals surface area contributed by atoms with Crippen LogP contribution in [0.5, 0.6) is 0 Å². The molecule has 0 aliphatic rings. The van der Waals surface area contributed by atoms with Crippen LogP contribution in [0.25, 0.3) is 0 Å². The summed E-state index contributed by atoms with van der Waals surface area (Å²) in [6, 6.07) is 9.85. The zero-order chi connectivity index (χ0) is 16.1. The first-order chi connectivity index (χ1) is 10.5. The summed E-state index contributed by atoms with van der Waals surface area (Å²) >= 11 is 0. The van der Waals surface area contributed by atoms with E-state index in [2.05, 4.69) is 10.6 Å². The molecule has 0 aliphatic carbocycles. The standard InChI is InChI=1S/C15H14FN3O3/c1-10-2-7-13(19(21)22)8-14(10)18-15(20)9-17-12-5-3-11(16)4-6-12/h2-8,17H,9H2,1H3,(H,18,20). The van der Waals surface area contributed by atoms with Gasteiger partial charge in [0.2, 0.25) is 5.91 Å². The molecule has 2 aromatic carbocycles. The molecule has 114 valence electrons. The van der Waals surface area contributed by atoms with Crippen molar-refractivity contribution in [2.24, 2.45) is 0 Å². The number of hydrogen-bond donors (Lipinski definition) is 2. The number of anilines is 2. The lowest BCUT2D eigenvalue weighted by atomic mass is 10.2. The Balaban J connectivity index is 1.98. The molecular formula is C15H14FN3O3. The van der Waals surface area contributed by atoms with Crippen molar-refractivity contribution in [1.29, 1.82) is 0 Å². The maximum absolute atomic E-state index is 12.8. The number of carbonyl (C=O) groups excluding carboxylic acids is 1. The average Bonchev–Trinajstić information content (AvgIpc) is 2.48. The van der Waals surface area contributed by atoms with Crippen LogP contribution < -0.4 is 10.6 Å². The molecule has 0 atom stereocenters. The maximum atomic E-state index is 12.8. The Morgan fingerprint density at radius 2 is 1.91 bits per heavy atom. The Hall–Kier alpha value is -2.96. The number of hydrogen-bond acceptors (Lipinski definition) is 4. The van der Waals surface area contributed by atoms with Crippen molar-refractivity contribution < 1.29 is 14.1 Å². The molecule has 0 aromatic heterocycles. The first-order valence-corrected chi connectivity index (χ1v) is 6.50. The number of nitro benzene ring substituents is 1. The number of carbonyl (C=O) groups is 1. The van der Waals surface area contributed by atoms with E-state index in [9.17, 15) is 19.3 Å². The fraction of sp³-hybridized carbons (Fsp3) is 0.133. The molecule has 0 aliphatic heterocycles. The summed E-state index contributed by atoms with van der Waals surface area (Å²) in [6.07, 6.45) is 0. The van der Waals surface area contributed by atoms with Gasteiger partial charge in [0.1, 0.15) is 5.82 Å². The zero-order valence-electron chi connectivity index (χ0n) is 11.8. The predicted octanol–water partition coefficient (Wildman–Crippen LogP) is 3.09. The van der Waals surface area contributed by atoms with Crippen LogP contribution in [0.1, 0.15) is 5.56 Å². The van der Waals surface area contributed by atoms with Crippen LogP contribution in [0.4, 0.5) is 21.5 Å². The van der Waals surface area contributed by atoms with Gasteiger partial charge in [-0.15, -0.1) is 0 Å². The number of amides is 1. The van der Waals surface area contributed by atoms with Crippen molar-refractivity contribution in [3.63, 3.8) is 0 Å². The molecular weight excluding hydrogens is 289 g/mol. The number of rotatable bonds is 5. The van der Waals surface area contributed by atoms with Gasteiger partial charge >= 0.3 is 0 Å². The minimum absolute atomic E-state index is 0.0340. The summed E-state index contributed by atoms with van der Waals surface area (Å²) in [5, 5.41) is 16.2. The Morgan fingerprint density at radius 1 is 1.23 bits per heavy atom. The summed E-state index contributed by atoms with van der Waals surface area (Å²) in [5.74, 6) is -0.713. The molecule has 2 aromatic rings. The normalized spacial score (nSPS) is 10.1. The largest absolute Gasteiger partial charge is 0.376 e. The minimum atomic E-state index is -0.522. The van der Waals surface area contributed by atoms with E-state index in [0.717, 1.165) is 5.56 Å². The fourth-order valence-corrected chi connectivity index (χ4v) is 1.80. The minimum Gasteiger partial charge on any atom is -0.376 e. The van der Waals surface area contributed by atoms with E-state index in [0.29, 0.717) is 11.4 Å². The highest BCUT2D eigenvalue weighted by atomic mass is 19.1. The highest BCUT2D eigenvalue weighted by Gasteiger charge is 2.11. The third kappa shape index (κ3) is 4.02. The van der Waals surface area contributed by atoms with E-state index in [1.54, 1.807) is 13.0 Å². The second-order valence-electron chi connectivity index (χ2n) is 4.66. The molecule has 0 saturated heterocycles. The number of aryl methyl sites for hydroxylation is 1. The van der Waals surface area contributed by atoms with E-state index in [4.69, 9.17) is 0 Å². The average molecular weight is 303 g/mol. The quantitative estimate of drug-likeness (QED) is 0.656. The molecule has 1 amide bonds. The topological polar surface area (TPSA) is 84.3 Å². The molecule has 0 bridgehead atoms. The van der Waals surface area contributed by atoms with Crippen LogP contribution in [-0.4, -0.2) is 17.4 Å². The molecule has 7 heteroatoms. The lowest BCUT2D eigenvalue weighted by Gasteiger charge is -2.09. The molecule has 2 rings (SSSR count). The van der Waals surface area contributed by atoms with Gasteiger partial charge in [-0.3, -0.25) is 14.9 Å². The van der Waals surface area contributed by atoms with Crippen molar-refractivity contribution in [1.82, 2.24) is 0 Å². The smallest absolute Gasteiger partial charge is 0.271 e. The van der Waals surface area contributed by atoms with E-state index >= 15 is 0 Å². The molecule has 0 heterocycles. The number of non-ortho nitro benzene ring substituents is 1. The second kappa shape index (κ2) is 6.66. The number of halogens is 1. The highest BCUT2D eigenvalue weighted by Crippen LogP contribution is 2.21. The van der Waals surface area contributed by atoms with Crippen LogP contribution in [0, 0.1) is 22.9 Å². The first-order valence-electron chi connectivity index (χ1n) is 6.50. The third-order valence-electron chi connectivity index (χ3n) is 3.00. The van der Waals surface area contributed by atoms with Crippen LogP contribution in [0.2, 0.25) is 0 Å².